The van der Waals surface area contributed by atoms with Crippen molar-refractivity contribution in [3.05, 3.63) is 0 Å². The van der Waals surface area contributed by atoms with Crippen LogP contribution in [0.2, 0.25) is 0 Å². The molecule has 0 N–H and O–H groups in total. The van der Waals surface area contributed by atoms with Crippen LogP contribution >= 0.6 is 0 Å². The third kappa shape index (κ3) is 3.17. The number of hydrogen-bond donors (Lipinski definition) is 0. The molecule has 1 rings (SSSR count). The van der Waals surface area contributed by atoms with Crippen LogP contribution < -0.4 is 0 Å². The van der Waals surface area contributed by atoms with Gasteiger partial charge in [0.15, 0.2) is 0 Å². The molecule has 1 fully saturated rings. The monoisotopic (exact) mass is 263 g/mol. The Kier molecular flexibility index (Phi) is 4.51. The lowest BCUT2D eigenvalue weighted by Crippen LogP contribution is -2.48. The number of carbonyl (C=O) groups is 1. The molecule has 1 heterocycles. The van der Waals surface area contributed by atoms with Gasteiger partial charge in [-0.15, -0.1) is 0 Å². The number of nitrogens with zero attached hydrogens (tertiary/aromatic N) is 3. The molecule has 0 aliphatic carbocycles. The van der Waals surface area contributed by atoms with Gasteiger partial charge in [0.25, 0.3) is 10.2 Å². The number of amides is 1. The largest absolute Gasteiger partial charge is 0.349 e. The van der Waals surface area contributed by atoms with Gasteiger partial charge in [-0.2, -0.15) is 17.0 Å². The SMILES string of the molecule is CN(C)C(=O)[C@H]1CCCN(S(=O)(=O)N(C)C)C1. The van der Waals surface area contributed by atoms with Gasteiger partial charge in [-0.3, -0.25) is 4.79 Å². The fraction of sp³-hybridized carbons (Fsp3) is 0.900. The van der Waals surface area contributed by atoms with Crippen LogP contribution in [0.1, 0.15) is 12.8 Å². The molecular weight excluding hydrogens is 242 g/mol. The zero-order valence-electron chi connectivity index (χ0n) is 10.9. The van der Waals surface area contributed by atoms with E-state index < -0.39 is 10.2 Å². The van der Waals surface area contributed by atoms with Crippen LogP contribution in [0.3, 0.4) is 0 Å². The molecule has 0 bridgehead atoms. The molecular formula is C10H21N3O3S. The summed E-state index contributed by atoms with van der Waals surface area (Å²) in [5.74, 6) is -0.211. The van der Waals surface area contributed by atoms with E-state index in [1.165, 1.54) is 27.6 Å². The highest BCUT2D eigenvalue weighted by Gasteiger charge is 2.33. The summed E-state index contributed by atoms with van der Waals surface area (Å²) < 4.78 is 26.5. The van der Waals surface area contributed by atoms with E-state index in [2.05, 4.69) is 0 Å². The fourth-order valence-corrected chi connectivity index (χ4v) is 3.14. The molecule has 17 heavy (non-hydrogen) atoms. The van der Waals surface area contributed by atoms with E-state index in [0.717, 1.165) is 12.8 Å². The maximum absolute atomic E-state index is 12.0. The number of piperidine rings is 1. The van der Waals surface area contributed by atoms with Gasteiger partial charge in [0.05, 0.1) is 5.92 Å². The lowest BCUT2D eigenvalue weighted by Gasteiger charge is -2.33. The van der Waals surface area contributed by atoms with Gasteiger partial charge in [-0.05, 0) is 12.8 Å². The summed E-state index contributed by atoms with van der Waals surface area (Å²) in [6.07, 6.45) is 1.49. The quantitative estimate of drug-likeness (QED) is 0.695. The van der Waals surface area contributed by atoms with Crippen molar-refractivity contribution in [2.24, 2.45) is 5.92 Å². The minimum absolute atomic E-state index is 0.00339. The summed E-state index contributed by atoms with van der Waals surface area (Å²) in [7, 11) is 3.01. The van der Waals surface area contributed by atoms with E-state index in [9.17, 15) is 13.2 Å². The van der Waals surface area contributed by atoms with E-state index >= 15 is 0 Å². The zero-order valence-corrected chi connectivity index (χ0v) is 11.7. The van der Waals surface area contributed by atoms with Crippen LogP contribution in [0, 0.1) is 5.92 Å². The second-order valence-electron chi connectivity index (χ2n) is 4.72. The Morgan fingerprint density at radius 2 is 1.82 bits per heavy atom. The molecule has 100 valence electrons. The van der Waals surface area contributed by atoms with Crippen molar-refractivity contribution < 1.29 is 13.2 Å². The summed E-state index contributed by atoms with van der Waals surface area (Å²) in [4.78, 5) is 13.4. The molecule has 1 amide bonds. The van der Waals surface area contributed by atoms with E-state index in [1.54, 1.807) is 14.1 Å². The third-order valence-electron chi connectivity index (χ3n) is 2.96. The fourth-order valence-electron chi connectivity index (χ4n) is 1.95. The average molecular weight is 263 g/mol. The minimum Gasteiger partial charge on any atom is -0.349 e. The second-order valence-corrected chi connectivity index (χ2v) is 6.86. The van der Waals surface area contributed by atoms with Crippen molar-refractivity contribution >= 4 is 16.1 Å². The average Bonchev–Trinajstić information content (AvgIpc) is 2.27. The van der Waals surface area contributed by atoms with Gasteiger partial charge < -0.3 is 4.90 Å². The lowest BCUT2D eigenvalue weighted by molar-refractivity contribution is -0.134. The molecule has 0 aromatic heterocycles. The molecule has 0 aromatic rings. The predicted octanol–water partition coefficient (Wildman–Crippen LogP) is -0.407. The maximum Gasteiger partial charge on any atom is 0.281 e. The van der Waals surface area contributed by atoms with Crippen LogP contribution in [0.25, 0.3) is 0 Å². The van der Waals surface area contributed by atoms with Crippen LogP contribution in [0.5, 0.6) is 0 Å². The number of rotatable bonds is 3. The Bertz CT molecular complexity index is 378. The Morgan fingerprint density at radius 3 is 2.29 bits per heavy atom. The zero-order chi connectivity index (χ0) is 13.2. The van der Waals surface area contributed by atoms with E-state index in [4.69, 9.17) is 0 Å². The first-order chi connectivity index (χ1) is 7.76. The highest BCUT2D eigenvalue weighted by molar-refractivity contribution is 7.86. The Balaban J connectivity index is 2.77. The summed E-state index contributed by atoms with van der Waals surface area (Å²) in [5.41, 5.74) is 0. The first-order valence-electron chi connectivity index (χ1n) is 5.65. The Labute approximate surface area is 103 Å². The van der Waals surface area contributed by atoms with Crippen LogP contribution in [-0.2, 0) is 15.0 Å². The molecule has 1 saturated heterocycles. The number of carbonyl (C=O) groups excluding carboxylic acids is 1. The summed E-state index contributed by atoms with van der Waals surface area (Å²) >= 11 is 0. The van der Waals surface area contributed by atoms with Crippen molar-refractivity contribution in [2.45, 2.75) is 12.8 Å². The van der Waals surface area contributed by atoms with Gasteiger partial charge in [-0.1, -0.05) is 0 Å². The van der Waals surface area contributed by atoms with Gasteiger partial charge >= 0.3 is 0 Å². The van der Waals surface area contributed by atoms with Gasteiger partial charge in [0.2, 0.25) is 5.91 Å². The van der Waals surface area contributed by atoms with Gasteiger partial charge in [-0.25, -0.2) is 0 Å². The molecule has 0 saturated carbocycles. The highest BCUT2D eigenvalue weighted by Crippen LogP contribution is 2.21. The molecule has 1 atom stereocenters. The Morgan fingerprint density at radius 1 is 1.24 bits per heavy atom. The van der Waals surface area contributed by atoms with Gasteiger partial charge in [0, 0.05) is 41.3 Å². The molecule has 0 radical (unpaired) electrons. The smallest absolute Gasteiger partial charge is 0.281 e. The maximum atomic E-state index is 12.0. The third-order valence-corrected chi connectivity index (χ3v) is 4.87. The first-order valence-corrected chi connectivity index (χ1v) is 7.05. The Hall–Kier alpha value is -0.660. The minimum atomic E-state index is -3.40. The summed E-state index contributed by atoms with van der Waals surface area (Å²) in [5, 5.41) is 0. The highest BCUT2D eigenvalue weighted by atomic mass is 32.2. The number of hydrogen-bond acceptors (Lipinski definition) is 3. The molecule has 1 aliphatic heterocycles. The van der Waals surface area contributed by atoms with E-state index in [0.29, 0.717) is 6.54 Å². The first kappa shape index (κ1) is 14.4. The molecule has 1 aliphatic rings. The van der Waals surface area contributed by atoms with Gasteiger partial charge in [0.1, 0.15) is 0 Å². The van der Waals surface area contributed by atoms with Crippen molar-refractivity contribution in [1.29, 1.82) is 0 Å². The summed E-state index contributed by atoms with van der Waals surface area (Å²) in [6.45, 7) is 0.787. The molecule has 0 aromatic carbocycles. The van der Waals surface area contributed by atoms with Crippen molar-refractivity contribution in [1.82, 2.24) is 13.5 Å². The van der Waals surface area contributed by atoms with Crippen LogP contribution in [-0.4, -0.2) is 69.1 Å². The van der Waals surface area contributed by atoms with Crippen molar-refractivity contribution in [2.75, 3.05) is 41.3 Å². The molecule has 7 heteroatoms. The predicted molar refractivity (Wildman–Crippen MR) is 65.6 cm³/mol. The molecule has 0 unspecified atom stereocenters. The second kappa shape index (κ2) is 5.32. The van der Waals surface area contributed by atoms with E-state index in [1.807, 2.05) is 0 Å². The normalized spacial score (nSPS) is 22.8. The summed E-state index contributed by atoms with van der Waals surface area (Å²) in [6, 6.07) is 0. The lowest BCUT2D eigenvalue weighted by atomic mass is 9.98. The standard InChI is InChI=1S/C10H21N3O3S/c1-11(2)10(14)9-6-5-7-13(8-9)17(15,16)12(3)4/h9H,5-8H2,1-4H3/t9-/m0/s1. The molecule has 6 nitrogen and oxygen atoms in total. The van der Waals surface area contributed by atoms with Crippen LogP contribution in [0.15, 0.2) is 0 Å². The topological polar surface area (TPSA) is 60.9 Å². The van der Waals surface area contributed by atoms with Crippen molar-refractivity contribution in [3.63, 3.8) is 0 Å². The van der Waals surface area contributed by atoms with Crippen molar-refractivity contribution in [3.8, 4) is 0 Å². The van der Waals surface area contributed by atoms with E-state index in [-0.39, 0.29) is 18.4 Å². The van der Waals surface area contributed by atoms with Crippen LogP contribution in [0.4, 0.5) is 0 Å². The molecule has 0 spiro atoms.